The fourth-order valence-electron chi connectivity index (χ4n) is 2.95. The molecule has 2 saturated heterocycles. The van der Waals surface area contributed by atoms with E-state index < -0.39 is 0 Å². The quantitative estimate of drug-likeness (QED) is 0.902. The number of hydrogen-bond donors (Lipinski definition) is 1. The van der Waals surface area contributed by atoms with E-state index in [1.807, 2.05) is 0 Å². The lowest BCUT2D eigenvalue weighted by atomic mass is 10.0. The molecule has 2 unspecified atom stereocenters. The highest BCUT2D eigenvalue weighted by molar-refractivity contribution is 4.97. The number of rotatable bonds is 4. The van der Waals surface area contributed by atoms with Gasteiger partial charge in [0.15, 0.2) is 5.82 Å². The van der Waals surface area contributed by atoms with Gasteiger partial charge in [0.05, 0.1) is 6.61 Å². The monoisotopic (exact) mass is 265 g/mol. The molecule has 2 fully saturated rings. The number of aryl methyl sites for hydroxylation is 1. The van der Waals surface area contributed by atoms with Crippen LogP contribution in [0.5, 0.6) is 0 Å². The van der Waals surface area contributed by atoms with Gasteiger partial charge in [0.25, 0.3) is 0 Å². The van der Waals surface area contributed by atoms with Gasteiger partial charge in [-0.05, 0) is 38.6 Å². The molecule has 0 saturated carbocycles. The summed E-state index contributed by atoms with van der Waals surface area (Å²) < 4.78 is 10.8. The molecule has 0 aromatic carbocycles. The van der Waals surface area contributed by atoms with E-state index in [4.69, 9.17) is 9.26 Å². The molecule has 0 aliphatic carbocycles. The fourth-order valence-corrected chi connectivity index (χ4v) is 2.95. The van der Waals surface area contributed by atoms with Gasteiger partial charge in [-0.3, -0.25) is 0 Å². The molecule has 3 heterocycles. The first-order chi connectivity index (χ1) is 9.42. The smallest absolute Gasteiger partial charge is 0.226 e. The van der Waals surface area contributed by atoms with Crippen LogP contribution in [-0.4, -0.2) is 35.9 Å². The Morgan fingerprint density at radius 2 is 2.21 bits per heavy atom. The molecular weight excluding hydrogens is 242 g/mol. The first kappa shape index (κ1) is 13.1. The first-order valence-corrected chi connectivity index (χ1v) is 7.55. The summed E-state index contributed by atoms with van der Waals surface area (Å²) in [5.74, 6) is 1.96. The summed E-state index contributed by atoms with van der Waals surface area (Å²) in [6, 6.07) is 0.627. The average molecular weight is 265 g/mol. The number of ether oxygens (including phenoxy) is 1. The van der Waals surface area contributed by atoms with Crippen molar-refractivity contribution >= 4 is 0 Å². The third-order valence-corrected chi connectivity index (χ3v) is 4.13. The number of nitrogens with one attached hydrogen (secondary N) is 1. The summed E-state index contributed by atoms with van der Waals surface area (Å²) in [6.45, 7) is 2.76. The third-order valence-electron chi connectivity index (χ3n) is 4.13. The van der Waals surface area contributed by atoms with E-state index in [9.17, 15) is 0 Å². The van der Waals surface area contributed by atoms with Gasteiger partial charge in [-0.2, -0.15) is 4.98 Å². The maximum atomic E-state index is 5.47. The molecule has 3 rings (SSSR count). The van der Waals surface area contributed by atoms with Crippen molar-refractivity contribution in [3.63, 3.8) is 0 Å². The van der Waals surface area contributed by atoms with E-state index in [0.29, 0.717) is 12.0 Å². The Hall–Kier alpha value is -0.940. The second kappa shape index (κ2) is 6.48. The molecule has 1 aromatic rings. The number of hydrogen-bond acceptors (Lipinski definition) is 5. The van der Waals surface area contributed by atoms with Crippen molar-refractivity contribution in [2.45, 2.75) is 56.9 Å². The van der Waals surface area contributed by atoms with Gasteiger partial charge in [0.2, 0.25) is 5.89 Å². The van der Waals surface area contributed by atoms with Gasteiger partial charge in [0.1, 0.15) is 0 Å². The van der Waals surface area contributed by atoms with Crippen molar-refractivity contribution < 1.29 is 9.26 Å². The van der Waals surface area contributed by atoms with Crippen molar-refractivity contribution in [3.05, 3.63) is 11.7 Å². The number of aromatic nitrogens is 2. The van der Waals surface area contributed by atoms with Gasteiger partial charge in [-0.25, -0.2) is 0 Å². The largest absolute Gasteiger partial charge is 0.381 e. The summed E-state index contributed by atoms with van der Waals surface area (Å²) >= 11 is 0. The Morgan fingerprint density at radius 3 is 3.00 bits per heavy atom. The topological polar surface area (TPSA) is 60.2 Å². The molecule has 106 valence electrons. The molecule has 0 bridgehead atoms. The van der Waals surface area contributed by atoms with Crippen LogP contribution in [0.1, 0.15) is 56.2 Å². The third kappa shape index (κ3) is 3.54. The van der Waals surface area contributed by atoms with Gasteiger partial charge in [-0.15, -0.1) is 0 Å². The Balaban J connectivity index is 1.49. The molecule has 2 atom stereocenters. The lowest BCUT2D eigenvalue weighted by Crippen LogP contribution is -2.34. The minimum atomic E-state index is 0.332. The van der Waals surface area contributed by atoms with Gasteiger partial charge >= 0.3 is 0 Å². The van der Waals surface area contributed by atoms with Crippen molar-refractivity contribution in [2.24, 2.45) is 0 Å². The summed E-state index contributed by atoms with van der Waals surface area (Å²) in [4.78, 5) is 4.53. The van der Waals surface area contributed by atoms with Crippen molar-refractivity contribution in [3.8, 4) is 0 Å². The van der Waals surface area contributed by atoms with Crippen LogP contribution in [0.25, 0.3) is 0 Å². The summed E-state index contributed by atoms with van der Waals surface area (Å²) in [6.07, 6.45) is 8.12. The molecular formula is C14H23N3O2. The molecule has 0 spiro atoms. The first-order valence-electron chi connectivity index (χ1n) is 7.55. The van der Waals surface area contributed by atoms with E-state index in [1.165, 1.54) is 19.3 Å². The molecule has 0 amide bonds. The minimum absolute atomic E-state index is 0.332. The molecule has 0 radical (unpaired) electrons. The molecule has 5 heteroatoms. The van der Waals surface area contributed by atoms with E-state index in [-0.39, 0.29) is 0 Å². The minimum Gasteiger partial charge on any atom is -0.381 e. The predicted octanol–water partition coefficient (Wildman–Crippen LogP) is 2.04. The zero-order chi connectivity index (χ0) is 12.9. The Kier molecular flexibility index (Phi) is 4.45. The normalized spacial score (nSPS) is 28.4. The van der Waals surface area contributed by atoms with Gasteiger partial charge in [-0.1, -0.05) is 11.6 Å². The zero-order valence-corrected chi connectivity index (χ0v) is 11.4. The summed E-state index contributed by atoms with van der Waals surface area (Å²) in [7, 11) is 0. The Labute approximate surface area is 114 Å². The molecule has 1 aromatic heterocycles. The van der Waals surface area contributed by atoms with Crippen molar-refractivity contribution in [1.82, 2.24) is 15.5 Å². The van der Waals surface area contributed by atoms with Gasteiger partial charge < -0.3 is 14.6 Å². The van der Waals surface area contributed by atoms with Crippen molar-refractivity contribution in [2.75, 3.05) is 19.8 Å². The van der Waals surface area contributed by atoms with E-state index in [1.54, 1.807) is 0 Å². The molecule has 2 aliphatic rings. The Bertz CT molecular complexity index is 382. The maximum absolute atomic E-state index is 5.47. The van der Waals surface area contributed by atoms with Crippen LogP contribution in [-0.2, 0) is 11.2 Å². The maximum Gasteiger partial charge on any atom is 0.226 e. The number of piperidine rings is 1. The molecule has 5 nitrogen and oxygen atoms in total. The van der Waals surface area contributed by atoms with E-state index in [2.05, 4.69) is 15.5 Å². The SMILES string of the molecule is C1CCC(CCc2nc(C3CCCOC3)no2)NC1. The lowest BCUT2D eigenvalue weighted by molar-refractivity contribution is 0.0773. The van der Waals surface area contributed by atoms with Crippen molar-refractivity contribution in [1.29, 1.82) is 0 Å². The predicted molar refractivity (Wildman–Crippen MR) is 71.1 cm³/mol. The van der Waals surface area contributed by atoms with Crippen LogP contribution in [0.4, 0.5) is 0 Å². The molecule has 2 aliphatic heterocycles. The Morgan fingerprint density at radius 1 is 1.21 bits per heavy atom. The lowest BCUT2D eigenvalue weighted by Gasteiger charge is -2.22. The second-order valence-electron chi connectivity index (χ2n) is 5.65. The van der Waals surface area contributed by atoms with Gasteiger partial charge in [0, 0.05) is 25.0 Å². The van der Waals surface area contributed by atoms with Crippen LogP contribution in [0, 0.1) is 0 Å². The highest BCUT2D eigenvalue weighted by Crippen LogP contribution is 2.23. The average Bonchev–Trinajstić information content (AvgIpc) is 2.96. The summed E-state index contributed by atoms with van der Waals surface area (Å²) in [5.41, 5.74) is 0. The molecule has 1 N–H and O–H groups in total. The standard InChI is InChI=1S/C14H23N3O2/c1-2-8-15-12(5-1)6-7-13-16-14(17-19-13)11-4-3-9-18-10-11/h11-12,15H,1-10H2. The summed E-state index contributed by atoms with van der Waals surface area (Å²) in [5, 5.41) is 7.67. The van der Waals surface area contributed by atoms with E-state index in [0.717, 1.165) is 57.2 Å². The highest BCUT2D eigenvalue weighted by Gasteiger charge is 2.22. The molecule has 19 heavy (non-hydrogen) atoms. The zero-order valence-electron chi connectivity index (χ0n) is 11.4. The van der Waals surface area contributed by atoms with Crippen LogP contribution >= 0.6 is 0 Å². The second-order valence-corrected chi connectivity index (χ2v) is 5.65. The number of nitrogens with zero attached hydrogens (tertiary/aromatic N) is 2. The van der Waals surface area contributed by atoms with Crippen LogP contribution < -0.4 is 5.32 Å². The van der Waals surface area contributed by atoms with Crippen LogP contribution in [0.2, 0.25) is 0 Å². The fraction of sp³-hybridized carbons (Fsp3) is 0.857. The highest BCUT2D eigenvalue weighted by atomic mass is 16.5. The van der Waals surface area contributed by atoms with E-state index >= 15 is 0 Å². The van der Waals surface area contributed by atoms with Crippen LogP contribution in [0.3, 0.4) is 0 Å². The van der Waals surface area contributed by atoms with Crippen LogP contribution in [0.15, 0.2) is 4.52 Å².